The highest BCUT2D eigenvalue weighted by molar-refractivity contribution is 9.11. The highest BCUT2D eigenvalue weighted by Crippen LogP contribution is 2.37. The number of benzene rings is 2. The van der Waals surface area contributed by atoms with Gasteiger partial charge in [-0.2, -0.15) is 0 Å². The van der Waals surface area contributed by atoms with Crippen LogP contribution in [-0.4, -0.2) is 19.9 Å². The number of non-ortho nitro benzene ring substituents is 1. The number of anilines is 1. The lowest BCUT2D eigenvalue weighted by molar-refractivity contribution is -0.384. The maximum Gasteiger partial charge on any atom is 0.271 e. The fourth-order valence-electron chi connectivity index (χ4n) is 2.50. The quantitative estimate of drug-likeness (QED) is 0.513. The van der Waals surface area contributed by atoms with Crippen LogP contribution in [0, 0.1) is 10.1 Å². The van der Waals surface area contributed by atoms with Crippen LogP contribution >= 0.6 is 31.9 Å². The third-order valence-electron chi connectivity index (χ3n) is 3.59. The summed E-state index contributed by atoms with van der Waals surface area (Å²) in [6.07, 6.45) is 0.528. The second-order valence-corrected chi connectivity index (χ2v) is 8.57. The van der Waals surface area contributed by atoms with Gasteiger partial charge in [-0.3, -0.25) is 14.4 Å². The molecule has 0 saturated heterocycles. The molecule has 6 nitrogen and oxygen atoms in total. The first-order valence-corrected chi connectivity index (χ1v) is 9.58. The monoisotopic (exact) mass is 460 g/mol. The maximum atomic E-state index is 12.9. The predicted octanol–water partition coefficient (Wildman–Crippen LogP) is 3.87. The third kappa shape index (κ3) is 2.88. The molecule has 9 heteroatoms. The lowest BCUT2D eigenvalue weighted by Crippen LogP contribution is -2.29. The van der Waals surface area contributed by atoms with Gasteiger partial charge in [0.25, 0.3) is 15.7 Å². The van der Waals surface area contributed by atoms with Crippen LogP contribution in [0.4, 0.5) is 11.4 Å². The second-order valence-electron chi connectivity index (χ2n) is 4.97. The number of sulfonamides is 1. The third-order valence-corrected chi connectivity index (χ3v) is 6.88. The minimum atomic E-state index is -3.80. The van der Waals surface area contributed by atoms with Crippen molar-refractivity contribution in [2.75, 3.05) is 10.8 Å². The molecule has 0 unspecified atom stereocenters. The molecule has 2 aromatic rings. The number of halogens is 2. The van der Waals surface area contributed by atoms with Gasteiger partial charge in [0, 0.05) is 27.6 Å². The van der Waals surface area contributed by atoms with E-state index in [-0.39, 0.29) is 17.1 Å². The van der Waals surface area contributed by atoms with Crippen molar-refractivity contribution in [2.24, 2.45) is 0 Å². The summed E-state index contributed by atoms with van der Waals surface area (Å²) in [6, 6.07) is 9.11. The minimum absolute atomic E-state index is 0.124. The van der Waals surface area contributed by atoms with E-state index in [0.29, 0.717) is 16.6 Å². The van der Waals surface area contributed by atoms with Gasteiger partial charge in [0.05, 0.1) is 10.6 Å². The molecular weight excluding hydrogens is 452 g/mol. The molecule has 0 saturated carbocycles. The Morgan fingerprint density at radius 1 is 1.13 bits per heavy atom. The molecule has 3 rings (SSSR count). The zero-order valence-electron chi connectivity index (χ0n) is 11.6. The molecule has 2 aromatic carbocycles. The first kappa shape index (κ1) is 16.4. The lowest BCUT2D eigenvalue weighted by Gasteiger charge is -2.20. The van der Waals surface area contributed by atoms with Crippen LogP contribution in [0.5, 0.6) is 0 Å². The topological polar surface area (TPSA) is 80.5 Å². The van der Waals surface area contributed by atoms with E-state index in [4.69, 9.17) is 0 Å². The normalized spacial score (nSPS) is 13.9. The van der Waals surface area contributed by atoms with Gasteiger partial charge in [-0.25, -0.2) is 8.42 Å². The number of nitro benzene ring substituents is 1. The molecular formula is C14H10Br2N2O4S. The highest BCUT2D eigenvalue weighted by atomic mass is 79.9. The van der Waals surface area contributed by atoms with Gasteiger partial charge in [0.15, 0.2) is 0 Å². The lowest BCUT2D eigenvalue weighted by atomic mass is 10.1. The standard InChI is InChI=1S/C14H10Br2N2O4S/c15-10-2-4-14(12(16)7-10)23(21,22)17-6-5-9-1-3-11(18(19)20)8-13(9)17/h1-4,7-8H,5-6H2. The fraction of sp³-hybridized carbons (Fsp3) is 0.143. The van der Waals surface area contributed by atoms with E-state index in [9.17, 15) is 18.5 Å². The average molecular weight is 462 g/mol. The molecule has 0 radical (unpaired) electrons. The number of hydrogen-bond acceptors (Lipinski definition) is 4. The molecule has 0 N–H and O–H groups in total. The van der Waals surface area contributed by atoms with Gasteiger partial charge in [0.1, 0.15) is 4.90 Å². The first-order valence-electron chi connectivity index (χ1n) is 6.56. The van der Waals surface area contributed by atoms with E-state index in [2.05, 4.69) is 31.9 Å². The molecule has 0 spiro atoms. The Labute approximate surface area is 149 Å². The molecule has 23 heavy (non-hydrogen) atoms. The van der Waals surface area contributed by atoms with Crippen LogP contribution < -0.4 is 4.31 Å². The van der Waals surface area contributed by atoms with E-state index in [1.54, 1.807) is 18.2 Å². The van der Waals surface area contributed by atoms with Gasteiger partial charge >= 0.3 is 0 Å². The Hall–Kier alpha value is -1.45. The van der Waals surface area contributed by atoms with Crippen LogP contribution in [0.3, 0.4) is 0 Å². The maximum absolute atomic E-state index is 12.9. The van der Waals surface area contributed by atoms with Crippen molar-refractivity contribution in [1.82, 2.24) is 0 Å². The summed E-state index contributed by atoms with van der Waals surface area (Å²) in [5.41, 5.74) is 1.03. The van der Waals surface area contributed by atoms with Gasteiger partial charge < -0.3 is 0 Å². The predicted molar refractivity (Wildman–Crippen MR) is 93.2 cm³/mol. The number of rotatable bonds is 3. The molecule has 0 aliphatic carbocycles. The van der Waals surface area contributed by atoms with Gasteiger partial charge in [-0.05, 0) is 46.1 Å². The van der Waals surface area contributed by atoms with E-state index < -0.39 is 14.9 Å². The Bertz CT molecular complexity index is 915. The molecule has 120 valence electrons. The van der Waals surface area contributed by atoms with Crippen LogP contribution in [0.1, 0.15) is 5.56 Å². The van der Waals surface area contributed by atoms with Gasteiger partial charge in [-0.1, -0.05) is 22.0 Å². The molecule has 0 amide bonds. The van der Waals surface area contributed by atoms with E-state index in [1.807, 2.05) is 0 Å². The zero-order chi connectivity index (χ0) is 16.8. The second kappa shape index (κ2) is 5.88. The molecule has 0 bridgehead atoms. The van der Waals surface area contributed by atoms with Crippen LogP contribution in [0.15, 0.2) is 50.2 Å². The SMILES string of the molecule is O=[N+]([O-])c1ccc2c(c1)N(S(=O)(=O)c1ccc(Br)cc1Br)CC2. The zero-order valence-corrected chi connectivity index (χ0v) is 15.6. The van der Waals surface area contributed by atoms with Crippen LogP contribution in [0.2, 0.25) is 0 Å². The van der Waals surface area contributed by atoms with Crippen molar-refractivity contribution in [3.8, 4) is 0 Å². The van der Waals surface area contributed by atoms with Gasteiger partial charge in [0.2, 0.25) is 0 Å². The van der Waals surface area contributed by atoms with Gasteiger partial charge in [-0.15, -0.1) is 0 Å². The van der Waals surface area contributed by atoms with Crippen molar-refractivity contribution >= 4 is 53.3 Å². The molecule has 1 aliphatic heterocycles. The largest absolute Gasteiger partial charge is 0.271 e. The van der Waals surface area contributed by atoms with Crippen molar-refractivity contribution in [3.05, 3.63) is 61.0 Å². The summed E-state index contributed by atoms with van der Waals surface area (Å²) in [5.74, 6) is 0. The molecule has 1 aliphatic rings. The van der Waals surface area contributed by atoms with Crippen LogP contribution in [-0.2, 0) is 16.4 Å². The Morgan fingerprint density at radius 2 is 1.87 bits per heavy atom. The number of nitrogens with zero attached hydrogens (tertiary/aromatic N) is 2. The van der Waals surface area contributed by atoms with Crippen molar-refractivity contribution in [2.45, 2.75) is 11.3 Å². The van der Waals surface area contributed by atoms with E-state index >= 15 is 0 Å². The highest BCUT2D eigenvalue weighted by Gasteiger charge is 2.33. The fourth-order valence-corrected chi connectivity index (χ4v) is 5.71. The summed E-state index contributed by atoms with van der Waals surface area (Å²) in [5, 5.41) is 10.9. The molecule has 0 fully saturated rings. The van der Waals surface area contributed by atoms with Crippen LogP contribution in [0.25, 0.3) is 0 Å². The van der Waals surface area contributed by atoms with Crippen molar-refractivity contribution in [3.63, 3.8) is 0 Å². The summed E-state index contributed by atoms with van der Waals surface area (Å²) < 4.78 is 28.3. The Morgan fingerprint density at radius 3 is 2.52 bits per heavy atom. The average Bonchev–Trinajstić information content (AvgIpc) is 2.90. The number of hydrogen-bond donors (Lipinski definition) is 0. The Balaban J connectivity index is 2.10. The summed E-state index contributed by atoms with van der Waals surface area (Å²) in [4.78, 5) is 10.5. The number of nitro groups is 1. The Kier molecular flexibility index (Phi) is 4.19. The molecule has 1 heterocycles. The van der Waals surface area contributed by atoms with E-state index in [1.165, 1.54) is 22.5 Å². The number of fused-ring (bicyclic) bond motifs is 1. The summed E-state index contributed by atoms with van der Waals surface area (Å²) in [6.45, 7) is 0.265. The van der Waals surface area contributed by atoms with Crippen molar-refractivity contribution in [1.29, 1.82) is 0 Å². The smallest absolute Gasteiger partial charge is 0.265 e. The van der Waals surface area contributed by atoms with Crippen molar-refractivity contribution < 1.29 is 13.3 Å². The minimum Gasteiger partial charge on any atom is -0.265 e. The molecule has 0 atom stereocenters. The summed E-state index contributed by atoms with van der Waals surface area (Å²) >= 11 is 6.55. The first-order chi connectivity index (χ1) is 10.8. The molecule has 0 aromatic heterocycles. The summed E-state index contributed by atoms with van der Waals surface area (Å²) in [7, 11) is -3.80. The van der Waals surface area contributed by atoms with E-state index in [0.717, 1.165) is 10.0 Å².